The third-order valence-corrected chi connectivity index (χ3v) is 3.77. The predicted octanol–water partition coefficient (Wildman–Crippen LogP) is 4.09. The SMILES string of the molecule is C=C(C(=O)OC(OCCCCC(F)(F)C(F)S)(C(=O)NCC)C(F)(F)F)C(F)(F)F. The molecular weight excluding hydrogens is 461 g/mol. The summed E-state index contributed by atoms with van der Waals surface area (Å²) in [7, 11) is 0. The molecule has 0 bridgehead atoms. The molecule has 0 fully saturated rings. The molecule has 1 amide bonds. The lowest BCUT2D eigenvalue weighted by Crippen LogP contribution is -2.61. The first-order chi connectivity index (χ1) is 13.4. The fraction of sp³-hybridized carbons (Fsp3) is 0.733. The van der Waals surface area contributed by atoms with Crippen LogP contribution in [0, 0.1) is 0 Å². The van der Waals surface area contributed by atoms with E-state index < -0.39 is 79.4 Å². The van der Waals surface area contributed by atoms with E-state index in [1.807, 2.05) is 0 Å². The maximum absolute atomic E-state index is 13.5. The zero-order valence-electron chi connectivity index (χ0n) is 15.3. The van der Waals surface area contributed by atoms with Gasteiger partial charge in [0.15, 0.2) is 0 Å². The Morgan fingerprint density at radius 2 is 1.60 bits per heavy atom. The van der Waals surface area contributed by atoms with E-state index in [4.69, 9.17) is 0 Å². The van der Waals surface area contributed by atoms with Crippen molar-refractivity contribution in [1.29, 1.82) is 0 Å². The normalized spacial score (nSPS) is 15.8. The van der Waals surface area contributed by atoms with Gasteiger partial charge in [-0.3, -0.25) is 4.79 Å². The van der Waals surface area contributed by atoms with Crippen LogP contribution in [0.25, 0.3) is 0 Å². The van der Waals surface area contributed by atoms with Gasteiger partial charge in [-0.15, -0.1) is 12.6 Å². The summed E-state index contributed by atoms with van der Waals surface area (Å²) >= 11 is 2.91. The van der Waals surface area contributed by atoms with Gasteiger partial charge in [0.05, 0.1) is 6.61 Å². The number of halogens is 9. The Hall–Kier alpha value is -1.64. The second-order valence-electron chi connectivity index (χ2n) is 5.74. The minimum absolute atomic E-state index is 0.455. The summed E-state index contributed by atoms with van der Waals surface area (Å²) in [6.07, 6.45) is -13.7. The number of carbonyl (C=O) groups excluding carboxylic acids is 2. The van der Waals surface area contributed by atoms with Gasteiger partial charge < -0.3 is 14.8 Å². The average Bonchev–Trinajstić information content (AvgIpc) is 2.57. The zero-order valence-corrected chi connectivity index (χ0v) is 16.2. The Labute approximate surface area is 170 Å². The summed E-state index contributed by atoms with van der Waals surface area (Å²) in [4.78, 5) is 23.4. The maximum Gasteiger partial charge on any atom is 0.466 e. The Bertz CT molecular complexity index is 622. The Morgan fingerprint density at radius 1 is 1.07 bits per heavy atom. The lowest BCUT2D eigenvalue weighted by atomic mass is 10.1. The molecule has 30 heavy (non-hydrogen) atoms. The largest absolute Gasteiger partial charge is 0.466 e. The van der Waals surface area contributed by atoms with Crippen molar-refractivity contribution in [2.24, 2.45) is 0 Å². The van der Waals surface area contributed by atoms with Gasteiger partial charge in [0, 0.05) is 13.0 Å². The molecule has 0 rings (SSSR count). The third-order valence-electron chi connectivity index (χ3n) is 3.39. The molecule has 0 radical (unpaired) electrons. The quantitative estimate of drug-likeness (QED) is 0.117. The summed E-state index contributed by atoms with van der Waals surface area (Å²) in [6, 6.07) is 0. The molecule has 0 aromatic heterocycles. The van der Waals surface area contributed by atoms with Crippen LogP contribution in [-0.2, 0) is 19.1 Å². The first kappa shape index (κ1) is 28.4. The highest BCUT2D eigenvalue weighted by Crippen LogP contribution is 2.38. The van der Waals surface area contributed by atoms with Gasteiger partial charge in [-0.1, -0.05) is 6.58 Å². The molecule has 176 valence electrons. The number of amides is 1. The lowest BCUT2D eigenvalue weighted by Gasteiger charge is -2.33. The van der Waals surface area contributed by atoms with Gasteiger partial charge in [-0.2, -0.15) is 26.3 Å². The average molecular weight is 479 g/mol. The van der Waals surface area contributed by atoms with Crippen molar-refractivity contribution in [1.82, 2.24) is 5.32 Å². The summed E-state index contributed by atoms with van der Waals surface area (Å²) in [6.45, 7) is 1.82. The van der Waals surface area contributed by atoms with Crippen molar-refractivity contribution in [2.45, 2.75) is 55.8 Å². The predicted molar refractivity (Wildman–Crippen MR) is 87.4 cm³/mol. The molecule has 0 spiro atoms. The number of likely N-dealkylation sites (N-methyl/N-ethyl adjacent to an activating group) is 1. The van der Waals surface area contributed by atoms with Crippen LogP contribution in [0.1, 0.15) is 26.2 Å². The summed E-state index contributed by atoms with van der Waals surface area (Å²) in [5, 5.41) is 1.60. The molecule has 0 heterocycles. The van der Waals surface area contributed by atoms with Crippen LogP contribution in [0.15, 0.2) is 12.2 Å². The molecule has 0 saturated carbocycles. The van der Waals surface area contributed by atoms with Crippen LogP contribution >= 0.6 is 12.6 Å². The molecule has 0 aromatic carbocycles. The molecule has 15 heteroatoms. The van der Waals surface area contributed by atoms with Gasteiger partial charge >= 0.3 is 30.0 Å². The van der Waals surface area contributed by atoms with Crippen molar-refractivity contribution in [2.75, 3.05) is 13.2 Å². The topological polar surface area (TPSA) is 64.6 Å². The minimum atomic E-state index is -5.85. The number of alkyl halides is 9. The molecule has 0 aromatic rings. The van der Waals surface area contributed by atoms with E-state index in [1.165, 1.54) is 0 Å². The van der Waals surface area contributed by atoms with Gasteiger partial charge in [0.1, 0.15) is 5.57 Å². The minimum Gasteiger partial charge on any atom is -0.412 e. The first-order valence-corrected chi connectivity index (χ1v) is 8.62. The van der Waals surface area contributed by atoms with Gasteiger partial charge in [-0.05, 0) is 19.8 Å². The van der Waals surface area contributed by atoms with E-state index in [0.29, 0.717) is 0 Å². The second kappa shape index (κ2) is 10.6. The van der Waals surface area contributed by atoms with E-state index in [1.54, 1.807) is 5.32 Å². The summed E-state index contributed by atoms with van der Waals surface area (Å²) in [5.41, 5.74) is -5.18. The number of nitrogens with one attached hydrogen (secondary N) is 1. The van der Waals surface area contributed by atoms with Crippen molar-refractivity contribution in [3.8, 4) is 0 Å². The fourth-order valence-electron chi connectivity index (χ4n) is 1.79. The van der Waals surface area contributed by atoms with E-state index in [2.05, 4.69) is 28.7 Å². The van der Waals surface area contributed by atoms with Gasteiger partial charge in [-0.25, -0.2) is 18.0 Å². The number of hydrogen-bond donors (Lipinski definition) is 2. The van der Waals surface area contributed by atoms with Gasteiger partial charge in [0.25, 0.3) is 5.92 Å². The van der Waals surface area contributed by atoms with Crippen molar-refractivity contribution >= 4 is 24.5 Å². The molecule has 0 aliphatic carbocycles. The fourth-order valence-corrected chi connectivity index (χ4v) is 1.92. The van der Waals surface area contributed by atoms with Crippen molar-refractivity contribution in [3.05, 3.63) is 12.2 Å². The molecule has 1 N–H and O–H groups in total. The molecule has 5 nitrogen and oxygen atoms in total. The van der Waals surface area contributed by atoms with E-state index in [0.717, 1.165) is 6.92 Å². The van der Waals surface area contributed by atoms with E-state index >= 15 is 0 Å². The number of unbranched alkanes of at least 4 members (excludes halogenated alkanes) is 1. The van der Waals surface area contributed by atoms with Crippen LogP contribution in [0.5, 0.6) is 0 Å². The van der Waals surface area contributed by atoms with Crippen LogP contribution in [0.2, 0.25) is 0 Å². The standard InChI is InChI=1S/C15H18F9NO4S/c1-3-25-11(27)13(15(22,23)24,29-9(26)8(2)14(19,20)21)28-7-5-4-6-12(17,18)10(16)30/h10,30H,2-7H2,1H3,(H,25,27). The Morgan fingerprint density at radius 3 is 2.00 bits per heavy atom. The van der Waals surface area contributed by atoms with Crippen molar-refractivity contribution < 1.29 is 58.6 Å². The molecule has 0 aliphatic heterocycles. The smallest absolute Gasteiger partial charge is 0.412 e. The van der Waals surface area contributed by atoms with Crippen LogP contribution in [0.3, 0.4) is 0 Å². The highest BCUT2D eigenvalue weighted by atomic mass is 32.1. The number of thiol groups is 1. The van der Waals surface area contributed by atoms with E-state index in [-0.39, 0.29) is 0 Å². The second-order valence-corrected chi connectivity index (χ2v) is 6.20. The number of rotatable bonds is 11. The number of hydrogen-bond acceptors (Lipinski definition) is 5. The van der Waals surface area contributed by atoms with Crippen LogP contribution in [-0.4, -0.2) is 54.6 Å². The molecular formula is C15H18F9NO4S. The zero-order chi connectivity index (χ0) is 24.0. The summed E-state index contributed by atoms with van der Waals surface area (Å²) < 4.78 is 125. The first-order valence-electron chi connectivity index (χ1n) is 8.10. The number of carbonyl (C=O) groups is 2. The molecule has 0 aliphatic rings. The van der Waals surface area contributed by atoms with Gasteiger partial charge in [0.2, 0.25) is 5.50 Å². The number of esters is 1. The van der Waals surface area contributed by atoms with E-state index in [9.17, 15) is 49.1 Å². The van der Waals surface area contributed by atoms with Crippen molar-refractivity contribution in [3.63, 3.8) is 0 Å². The monoisotopic (exact) mass is 479 g/mol. The third kappa shape index (κ3) is 7.56. The molecule has 0 saturated heterocycles. The summed E-state index contributed by atoms with van der Waals surface area (Å²) in [5.74, 6) is -13.2. The van der Waals surface area contributed by atoms with Crippen LogP contribution in [0.4, 0.5) is 39.5 Å². The highest BCUT2D eigenvalue weighted by Gasteiger charge is 2.66. The lowest BCUT2D eigenvalue weighted by molar-refractivity contribution is -0.347. The molecule has 2 unspecified atom stereocenters. The highest BCUT2D eigenvalue weighted by molar-refractivity contribution is 7.80. The maximum atomic E-state index is 13.5. The Kier molecular flexibility index (Phi) is 10.0. The van der Waals surface area contributed by atoms with Crippen LogP contribution < -0.4 is 5.32 Å². The Balaban J connectivity index is 5.55. The number of ether oxygens (including phenoxy) is 2. The molecule has 2 atom stereocenters.